The number of methoxy groups -OCH3 is 1. The first-order chi connectivity index (χ1) is 11.2. The Kier molecular flexibility index (Phi) is 5.51. The minimum atomic E-state index is 0.0171. The first kappa shape index (κ1) is 16.3. The highest BCUT2D eigenvalue weighted by molar-refractivity contribution is 5.89. The van der Waals surface area contributed by atoms with E-state index < -0.39 is 0 Å². The highest BCUT2D eigenvalue weighted by atomic mass is 16.5. The summed E-state index contributed by atoms with van der Waals surface area (Å²) in [7, 11) is 1.68. The third-order valence-electron chi connectivity index (χ3n) is 4.78. The molecule has 1 N–H and O–H groups in total. The quantitative estimate of drug-likeness (QED) is 0.908. The van der Waals surface area contributed by atoms with Crippen LogP contribution in [0, 0.1) is 5.92 Å². The molecule has 2 heterocycles. The van der Waals surface area contributed by atoms with Gasteiger partial charge in [-0.15, -0.1) is 0 Å². The Morgan fingerprint density at radius 2 is 2.13 bits per heavy atom. The van der Waals surface area contributed by atoms with Crippen LogP contribution >= 0.6 is 0 Å². The number of nitrogens with one attached hydrogen (secondary N) is 1. The zero-order chi connectivity index (χ0) is 16.1. The van der Waals surface area contributed by atoms with Crippen LogP contribution in [0.1, 0.15) is 24.8 Å². The maximum Gasteiger partial charge on any atom is 0.321 e. The van der Waals surface area contributed by atoms with Crippen molar-refractivity contribution < 1.29 is 9.53 Å². The molecule has 0 aliphatic carbocycles. The lowest BCUT2D eigenvalue weighted by atomic mass is 10.1. The maximum atomic E-state index is 12.4. The van der Waals surface area contributed by atoms with E-state index in [0.29, 0.717) is 12.5 Å². The number of ether oxygens (including phenoxy) is 1. The smallest absolute Gasteiger partial charge is 0.321 e. The van der Waals surface area contributed by atoms with Crippen molar-refractivity contribution in [3.8, 4) is 0 Å². The molecular weight excluding hydrogens is 290 g/mol. The topological polar surface area (TPSA) is 44.8 Å². The van der Waals surface area contributed by atoms with E-state index in [0.717, 1.165) is 37.3 Å². The molecule has 5 heteroatoms. The maximum absolute atomic E-state index is 12.4. The van der Waals surface area contributed by atoms with Gasteiger partial charge in [-0.2, -0.15) is 0 Å². The summed E-state index contributed by atoms with van der Waals surface area (Å²) in [5, 5.41) is 3.01. The fourth-order valence-corrected chi connectivity index (χ4v) is 3.60. The van der Waals surface area contributed by atoms with Gasteiger partial charge >= 0.3 is 6.03 Å². The normalized spacial score (nSPS) is 21.8. The van der Waals surface area contributed by atoms with E-state index in [1.54, 1.807) is 7.11 Å². The van der Waals surface area contributed by atoms with E-state index in [4.69, 9.17) is 4.74 Å². The number of nitrogens with zero attached hydrogens (tertiary/aromatic N) is 2. The third-order valence-corrected chi connectivity index (χ3v) is 4.78. The Morgan fingerprint density at radius 1 is 1.30 bits per heavy atom. The van der Waals surface area contributed by atoms with Gasteiger partial charge in [0.15, 0.2) is 0 Å². The summed E-state index contributed by atoms with van der Waals surface area (Å²) in [5.41, 5.74) is 1.91. The monoisotopic (exact) mass is 317 g/mol. The molecule has 2 aliphatic rings. The van der Waals surface area contributed by atoms with Gasteiger partial charge in [-0.25, -0.2) is 4.79 Å². The van der Waals surface area contributed by atoms with Gasteiger partial charge in [0.05, 0.1) is 6.61 Å². The number of benzene rings is 1. The summed E-state index contributed by atoms with van der Waals surface area (Å²) >= 11 is 0. The molecule has 0 saturated carbocycles. The molecule has 0 spiro atoms. The first-order valence-corrected chi connectivity index (χ1v) is 8.61. The van der Waals surface area contributed by atoms with Crippen LogP contribution in [0.25, 0.3) is 0 Å². The third kappa shape index (κ3) is 4.45. The number of amides is 2. The molecule has 5 nitrogen and oxygen atoms in total. The summed E-state index contributed by atoms with van der Waals surface area (Å²) in [5.74, 6) is 0.624. The number of hydrogen-bond donors (Lipinski definition) is 1. The second-order valence-electron chi connectivity index (χ2n) is 6.67. The highest BCUT2D eigenvalue weighted by Crippen LogP contribution is 2.21. The van der Waals surface area contributed by atoms with Crippen molar-refractivity contribution >= 4 is 11.7 Å². The van der Waals surface area contributed by atoms with Gasteiger partial charge in [0.1, 0.15) is 0 Å². The van der Waals surface area contributed by atoms with Gasteiger partial charge in [0, 0.05) is 32.4 Å². The molecule has 1 atom stereocenters. The molecule has 126 valence electrons. The number of carbonyl (C=O) groups is 1. The van der Waals surface area contributed by atoms with E-state index in [1.807, 2.05) is 29.2 Å². The van der Waals surface area contributed by atoms with Gasteiger partial charge in [0.2, 0.25) is 0 Å². The molecule has 1 unspecified atom stereocenters. The van der Waals surface area contributed by atoms with E-state index in [2.05, 4.69) is 10.2 Å². The summed E-state index contributed by atoms with van der Waals surface area (Å²) in [6, 6.07) is 7.86. The second-order valence-corrected chi connectivity index (χ2v) is 6.67. The van der Waals surface area contributed by atoms with Gasteiger partial charge < -0.3 is 19.9 Å². The summed E-state index contributed by atoms with van der Waals surface area (Å²) < 4.78 is 5.14. The van der Waals surface area contributed by atoms with Crippen molar-refractivity contribution in [1.82, 2.24) is 9.80 Å². The Balaban J connectivity index is 1.49. The van der Waals surface area contributed by atoms with Crippen molar-refractivity contribution in [1.29, 1.82) is 0 Å². The Labute approximate surface area is 138 Å². The SMILES string of the molecule is COCc1cccc(NC(=O)N2CCC(CN3CCCC3)C2)c1. The minimum absolute atomic E-state index is 0.0171. The van der Waals surface area contributed by atoms with Crippen molar-refractivity contribution in [2.75, 3.05) is 45.2 Å². The molecule has 0 radical (unpaired) electrons. The van der Waals surface area contributed by atoms with Gasteiger partial charge in [-0.05, 0) is 56.0 Å². The number of urea groups is 1. The van der Waals surface area contributed by atoms with Crippen molar-refractivity contribution in [3.05, 3.63) is 29.8 Å². The molecule has 2 amide bonds. The number of rotatable bonds is 5. The fraction of sp³-hybridized carbons (Fsp3) is 0.611. The molecule has 0 aromatic heterocycles. The van der Waals surface area contributed by atoms with Crippen LogP contribution in [-0.2, 0) is 11.3 Å². The number of carbonyl (C=O) groups excluding carboxylic acids is 1. The molecule has 2 fully saturated rings. The number of hydrogen-bond acceptors (Lipinski definition) is 3. The lowest BCUT2D eigenvalue weighted by Crippen LogP contribution is -2.34. The summed E-state index contributed by atoms with van der Waals surface area (Å²) in [4.78, 5) is 16.9. The Hall–Kier alpha value is -1.59. The zero-order valence-electron chi connectivity index (χ0n) is 14.0. The number of likely N-dealkylation sites (tertiary alicyclic amines) is 2. The van der Waals surface area contributed by atoms with Crippen molar-refractivity contribution in [2.45, 2.75) is 25.9 Å². The first-order valence-electron chi connectivity index (χ1n) is 8.61. The predicted octanol–water partition coefficient (Wildman–Crippen LogP) is 2.78. The zero-order valence-corrected chi connectivity index (χ0v) is 14.0. The van der Waals surface area contributed by atoms with Crippen LogP contribution in [0.3, 0.4) is 0 Å². The van der Waals surface area contributed by atoms with E-state index in [-0.39, 0.29) is 6.03 Å². The van der Waals surface area contributed by atoms with Gasteiger partial charge in [0.25, 0.3) is 0 Å². The molecule has 1 aromatic carbocycles. The highest BCUT2D eigenvalue weighted by Gasteiger charge is 2.28. The molecular formula is C18H27N3O2. The lowest BCUT2D eigenvalue weighted by molar-refractivity contribution is 0.185. The number of anilines is 1. The Morgan fingerprint density at radius 3 is 2.91 bits per heavy atom. The average molecular weight is 317 g/mol. The fourth-order valence-electron chi connectivity index (χ4n) is 3.60. The second kappa shape index (κ2) is 7.79. The van der Waals surface area contributed by atoms with Gasteiger partial charge in [-0.3, -0.25) is 0 Å². The molecule has 2 saturated heterocycles. The van der Waals surface area contributed by atoms with Crippen LogP contribution in [0.4, 0.5) is 10.5 Å². The predicted molar refractivity (Wildman–Crippen MR) is 91.5 cm³/mol. The molecule has 23 heavy (non-hydrogen) atoms. The van der Waals surface area contributed by atoms with E-state index in [9.17, 15) is 4.79 Å². The van der Waals surface area contributed by atoms with Crippen LogP contribution < -0.4 is 5.32 Å². The standard InChI is InChI=1S/C18H27N3O2/c1-23-14-15-5-4-6-17(11-15)19-18(22)21-10-7-16(13-21)12-20-8-2-3-9-20/h4-6,11,16H,2-3,7-10,12-14H2,1H3,(H,19,22). The van der Waals surface area contributed by atoms with Crippen LogP contribution in [0.2, 0.25) is 0 Å². The summed E-state index contributed by atoms with van der Waals surface area (Å²) in [6.07, 6.45) is 3.77. The molecule has 3 rings (SSSR count). The molecule has 2 aliphatic heterocycles. The summed E-state index contributed by atoms with van der Waals surface area (Å²) in [6.45, 7) is 5.91. The van der Waals surface area contributed by atoms with E-state index in [1.165, 1.54) is 25.9 Å². The lowest BCUT2D eigenvalue weighted by Gasteiger charge is -2.21. The average Bonchev–Trinajstić information content (AvgIpc) is 3.20. The largest absolute Gasteiger partial charge is 0.380 e. The van der Waals surface area contributed by atoms with Crippen molar-refractivity contribution in [2.24, 2.45) is 5.92 Å². The Bertz CT molecular complexity index is 529. The molecule has 0 bridgehead atoms. The minimum Gasteiger partial charge on any atom is -0.380 e. The van der Waals surface area contributed by atoms with Crippen molar-refractivity contribution in [3.63, 3.8) is 0 Å². The van der Waals surface area contributed by atoms with Gasteiger partial charge in [-0.1, -0.05) is 12.1 Å². The van der Waals surface area contributed by atoms with Crippen LogP contribution in [-0.4, -0.2) is 55.7 Å². The van der Waals surface area contributed by atoms with Crippen LogP contribution in [0.5, 0.6) is 0 Å². The van der Waals surface area contributed by atoms with E-state index >= 15 is 0 Å². The molecule has 1 aromatic rings. The van der Waals surface area contributed by atoms with Crippen LogP contribution in [0.15, 0.2) is 24.3 Å².